The highest BCUT2D eigenvalue weighted by atomic mass is 16.3. The number of fused-ring (bicyclic) bond motifs is 3. The number of hydrogen-bond donors (Lipinski definition) is 4. The van der Waals surface area contributed by atoms with E-state index in [0.29, 0.717) is 6.42 Å². The Labute approximate surface area is 217 Å². The summed E-state index contributed by atoms with van der Waals surface area (Å²) in [6.45, 7) is 10.3. The molecule has 1 fully saturated rings. The van der Waals surface area contributed by atoms with Crippen LogP contribution in [0.4, 0.5) is 0 Å². The standard InChI is InChI=1S/C30H38O7/c1-7-8-9-10-17-11-12-19(32)21-18(17)13-28(5)14-29(6)22(15(2)3)24(33)20(16(4)31)26(35)30(29,37)27(36)23(28)25(21)34/h11-12,15,22,32,34-35,37H,7-10,13-14H2,1-6H3/t22?,28-,29-,30+/m1/s1. The molecule has 7 nitrogen and oxygen atoms in total. The van der Waals surface area contributed by atoms with Gasteiger partial charge in [0, 0.05) is 22.3 Å². The van der Waals surface area contributed by atoms with Crippen molar-refractivity contribution in [3.63, 3.8) is 0 Å². The highest BCUT2D eigenvalue weighted by molar-refractivity contribution is 6.24. The summed E-state index contributed by atoms with van der Waals surface area (Å²) in [6, 6.07) is 3.36. The summed E-state index contributed by atoms with van der Waals surface area (Å²) in [5, 5.41) is 45.5. The first kappa shape index (κ1) is 27.1. The van der Waals surface area contributed by atoms with Crippen molar-refractivity contribution >= 4 is 23.1 Å². The number of phenolic OH excluding ortho intramolecular Hbond substituents is 1. The quantitative estimate of drug-likeness (QED) is 0.315. The second kappa shape index (κ2) is 8.83. The van der Waals surface area contributed by atoms with Gasteiger partial charge in [-0.1, -0.05) is 53.5 Å². The number of rotatable bonds is 6. The molecule has 0 heterocycles. The minimum absolute atomic E-state index is 0.0905. The van der Waals surface area contributed by atoms with E-state index in [1.807, 2.05) is 13.0 Å². The number of Topliss-reactive ketones (excluding diaryl/α,β-unsaturated/α-hetero) is 3. The Bertz CT molecular complexity index is 1270. The van der Waals surface area contributed by atoms with Crippen molar-refractivity contribution in [2.75, 3.05) is 0 Å². The fraction of sp³-hybridized carbons (Fsp3) is 0.567. The highest BCUT2D eigenvalue weighted by Crippen LogP contribution is 2.65. The van der Waals surface area contributed by atoms with Crippen LogP contribution in [0.1, 0.15) is 83.9 Å². The Hall–Kier alpha value is -2.93. The molecule has 3 aliphatic carbocycles. The van der Waals surface area contributed by atoms with Gasteiger partial charge >= 0.3 is 0 Å². The van der Waals surface area contributed by atoms with Crippen LogP contribution in [0.15, 0.2) is 29.0 Å². The molecule has 1 aromatic rings. The summed E-state index contributed by atoms with van der Waals surface area (Å²) in [5.41, 5.74) is -3.74. The lowest BCUT2D eigenvalue weighted by Gasteiger charge is -2.59. The number of carbonyl (C=O) groups excluding carboxylic acids is 3. The third-order valence-electron chi connectivity index (χ3n) is 9.03. The molecule has 0 bridgehead atoms. The number of phenols is 1. The molecule has 1 aromatic carbocycles. The molecule has 7 heteroatoms. The Kier molecular flexibility index (Phi) is 6.47. The largest absolute Gasteiger partial charge is 0.508 e. The van der Waals surface area contributed by atoms with E-state index >= 15 is 0 Å². The van der Waals surface area contributed by atoms with E-state index in [4.69, 9.17) is 0 Å². The Morgan fingerprint density at radius 2 is 1.76 bits per heavy atom. The van der Waals surface area contributed by atoms with Gasteiger partial charge in [0.05, 0.1) is 5.56 Å². The first-order chi connectivity index (χ1) is 17.2. The molecule has 1 unspecified atom stereocenters. The maximum Gasteiger partial charge on any atom is 0.203 e. The summed E-state index contributed by atoms with van der Waals surface area (Å²) in [6.07, 6.45) is 4.19. The molecular weight excluding hydrogens is 472 g/mol. The molecule has 3 aliphatic rings. The van der Waals surface area contributed by atoms with E-state index in [0.717, 1.165) is 43.7 Å². The molecule has 0 aliphatic heterocycles. The van der Waals surface area contributed by atoms with Crippen molar-refractivity contribution in [3.8, 4) is 5.75 Å². The zero-order valence-corrected chi connectivity index (χ0v) is 22.6. The van der Waals surface area contributed by atoms with Gasteiger partial charge in [-0.25, -0.2) is 0 Å². The second-order valence-electron chi connectivity index (χ2n) is 12.0. The molecule has 37 heavy (non-hydrogen) atoms. The molecule has 4 atom stereocenters. The van der Waals surface area contributed by atoms with E-state index < -0.39 is 56.8 Å². The molecular formula is C30H38O7. The zero-order chi connectivity index (χ0) is 27.7. The zero-order valence-electron chi connectivity index (χ0n) is 22.6. The predicted molar refractivity (Wildman–Crippen MR) is 139 cm³/mol. The second-order valence-corrected chi connectivity index (χ2v) is 12.0. The number of benzene rings is 1. The van der Waals surface area contributed by atoms with Gasteiger partial charge in [0.1, 0.15) is 22.8 Å². The monoisotopic (exact) mass is 510 g/mol. The van der Waals surface area contributed by atoms with Crippen molar-refractivity contribution in [2.45, 2.75) is 85.7 Å². The summed E-state index contributed by atoms with van der Waals surface area (Å²) in [7, 11) is 0. The molecule has 0 spiro atoms. The SMILES string of the molecule is CCCCCc1ccc(O)c2c1C[C@]1(C)C[C@]3(C)C(C(C)C)C(=O)C(C(C)=O)=C(O)[C@]3(O)C(=O)C1=C2O. The molecule has 4 rings (SSSR count). The van der Waals surface area contributed by atoms with Crippen molar-refractivity contribution in [1.29, 1.82) is 0 Å². The van der Waals surface area contributed by atoms with Gasteiger partial charge < -0.3 is 20.4 Å². The predicted octanol–water partition coefficient (Wildman–Crippen LogP) is 4.92. The maximum atomic E-state index is 14.2. The first-order valence-corrected chi connectivity index (χ1v) is 13.2. The molecule has 0 saturated heterocycles. The van der Waals surface area contributed by atoms with Crippen LogP contribution in [-0.4, -0.2) is 43.4 Å². The van der Waals surface area contributed by atoms with Gasteiger partial charge in [-0.3, -0.25) is 14.4 Å². The number of ketones is 3. The Morgan fingerprint density at radius 1 is 1.11 bits per heavy atom. The first-order valence-electron chi connectivity index (χ1n) is 13.2. The number of aromatic hydroxyl groups is 1. The number of carbonyl (C=O) groups is 3. The van der Waals surface area contributed by atoms with Gasteiger partial charge in [0.25, 0.3) is 0 Å². The van der Waals surface area contributed by atoms with Crippen LogP contribution in [0.2, 0.25) is 0 Å². The van der Waals surface area contributed by atoms with Crippen LogP contribution in [0.5, 0.6) is 5.75 Å². The van der Waals surface area contributed by atoms with Gasteiger partial charge in [-0.2, -0.15) is 0 Å². The van der Waals surface area contributed by atoms with Gasteiger partial charge in [0.2, 0.25) is 5.78 Å². The van der Waals surface area contributed by atoms with E-state index in [1.165, 1.54) is 6.07 Å². The summed E-state index contributed by atoms with van der Waals surface area (Å²) in [4.78, 5) is 40.2. The lowest BCUT2D eigenvalue weighted by Crippen LogP contribution is -2.69. The Balaban J connectivity index is 2.01. The minimum atomic E-state index is -2.58. The lowest BCUT2D eigenvalue weighted by atomic mass is 9.43. The van der Waals surface area contributed by atoms with Crippen molar-refractivity contribution in [1.82, 2.24) is 0 Å². The third-order valence-corrected chi connectivity index (χ3v) is 9.03. The maximum absolute atomic E-state index is 14.2. The molecule has 0 aromatic heterocycles. The molecule has 0 amide bonds. The topological polar surface area (TPSA) is 132 Å². The number of aliphatic hydroxyl groups is 3. The van der Waals surface area contributed by atoms with Crippen LogP contribution in [0, 0.1) is 22.7 Å². The number of hydrogen-bond acceptors (Lipinski definition) is 7. The van der Waals surface area contributed by atoms with Gasteiger partial charge in [-0.15, -0.1) is 0 Å². The highest BCUT2D eigenvalue weighted by Gasteiger charge is 2.72. The van der Waals surface area contributed by atoms with E-state index in [1.54, 1.807) is 20.8 Å². The van der Waals surface area contributed by atoms with E-state index in [-0.39, 0.29) is 29.2 Å². The molecule has 4 N–H and O–H groups in total. The van der Waals surface area contributed by atoms with Crippen LogP contribution in [0.3, 0.4) is 0 Å². The van der Waals surface area contributed by atoms with Gasteiger partial charge in [0.15, 0.2) is 17.2 Å². The summed E-state index contributed by atoms with van der Waals surface area (Å²) < 4.78 is 0. The van der Waals surface area contributed by atoms with Crippen LogP contribution < -0.4 is 0 Å². The van der Waals surface area contributed by atoms with E-state index in [2.05, 4.69) is 6.92 Å². The number of allylic oxidation sites excluding steroid dienone is 1. The third kappa shape index (κ3) is 3.53. The van der Waals surface area contributed by atoms with E-state index in [9.17, 15) is 34.8 Å². The van der Waals surface area contributed by atoms with Crippen LogP contribution in [0.25, 0.3) is 5.76 Å². The van der Waals surface area contributed by atoms with Crippen molar-refractivity contribution in [2.24, 2.45) is 22.7 Å². The summed E-state index contributed by atoms with van der Waals surface area (Å²) >= 11 is 0. The number of aryl methyl sites for hydroxylation is 1. The van der Waals surface area contributed by atoms with Crippen LogP contribution >= 0.6 is 0 Å². The summed E-state index contributed by atoms with van der Waals surface area (Å²) in [5.74, 6) is -5.03. The number of unbranched alkanes of at least 4 members (excludes halogenated alkanes) is 2. The van der Waals surface area contributed by atoms with Crippen molar-refractivity contribution < 1.29 is 34.8 Å². The van der Waals surface area contributed by atoms with Crippen LogP contribution in [-0.2, 0) is 27.2 Å². The molecule has 200 valence electrons. The minimum Gasteiger partial charge on any atom is -0.508 e. The fourth-order valence-electron chi connectivity index (χ4n) is 7.58. The Morgan fingerprint density at radius 3 is 2.32 bits per heavy atom. The molecule has 1 saturated carbocycles. The average Bonchev–Trinajstić information content (AvgIpc) is 2.77. The fourth-order valence-corrected chi connectivity index (χ4v) is 7.58. The normalized spacial score (nSPS) is 31.4. The number of aliphatic hydroxyl groups excluding tert-OH is 2. The average molecular weight is 511 g/mol. The van der Waals surface area contributed by atoms with Crippen molar-refractivity contribution in [3.05, 3.63) is 45.7 Å². The van der Waals surface area contributed by atoms with Gasteiger partial charge in [-0.05, 0) is 55.7 Å². The molecule has 0 radical (unpaired) electrons. The lowest BCUT2D eigenvalue weighted by molar-refractivity contribution is -0.178. The smallest absolute Gasteiger partial charge is 0.203 e.